The molecule has 0 radical (unpaired) electrons. The highest BCUT2D eigenvalue weighted by molar-refractivity contribution is 5.96. The number of hydrogen-bond acceptors (Lipinski definition) is 3. The maximum Gasteiger partial charge on any atom is 0.404 e. The van der Waals surface area contributed by atoms with Crippen molar-refractivity contribution < 1.29 is 23.1 Å². The number of carbonyl (C=O) groups excluding carboxylic acids is 1. The van der Waals surface area contributed by atoms with Crippen LogP contribution in [0.5, 0.6) is 0 Å². The van der Waals surface area contributed by atoms with E-state index < -0.39 is 24.0 Å². The molecule has 1 heterocycles. The van der Waals surface area contributed by atoms with Gasteiger partial charge >= 0.3 is 6.18 Å². The Bertz CT molecular complexity index is 479. The summed E-state index contributed by atoms with van der Waals surface area (Å²) >= 11 is 0. The number of amides is 1. The Morgan fingerprint density at radius 3 is 2.45 bits per heavy atom. The van der Waals surface area contributed by atoms with E-state index >= 15 is 0 Å². The Labute approximate surface area is 114 Å². The fourth-order valence-electron chi connectivity index (χ4n) is 2.20. The van der Waals surface area contributed by atoms with Crippen molar-refractivity contribution >= 4 is 11.6 Å². The minimum absolute atomic E-state index is 0.162. The first kappa shape index (κ1) is 14.8. The van der Waals surface area contributed by atoms with E-state index in [-0.39, 0.29) is 25.3 Å². The highest BCUT2D eigenvalue weighted by Gasteiger charge is 2.61. The number of hydrogen-bond donors (Lipinski definition) is 3. The molecule has 1 atom stereocenters. The van der Waals surface area contributed by atoms with Crippen LogP contribution in [0.4, 0.5) is 18.9 Å². The van der Waals surface area contributed by atoms with Gasteiger partial charge in [0.05, 0.1) is 6.61 Å². The zero-order valence-electron chi connectivity index (χ0n) is 10.6. The highest BCUT2D eigenvalue weighted by atomic mass is 19.4. The van der Waals surface area contributed by atoms with E-state index in [1.807, 2.05) is 0 Å². The van der Waals surface area contributed by atoms with Gasteiger partial charge in [-0.1, -0.05) is 12.1 Å². The van der Waals surface area contributed by atoms with Crippen molar-refractivity contribution in [2.45, 2.75) is 19.2 Å². The number of carbonyl (C=O) groups is 1. The van der Waals surface area contributed by atoms with Gasteiger partial charge in [-0.2, -0.15) is 13.2 Å². The summed E-state index contributed by atoms with van der Waals surface area (Å²) in [5, 5.41) is 13.8. The van der Waals surface area contributed by atoms with Gasteiger partial charge < -0.3 is 15.7 Å². The van der Waals surface area contributed by atoms with Crippen molar-refractivity contribution in [1.29, 1.82) is 0 Å². The molecule has 20 heavy (non-hydrogen) atoms. The molecule has 0 bridgehead atoms. The molecule has 1 aromatic rings. The molecular formula is C13H15F3N2O2. The molecule has 1 saturated heterocycles. The lowest BCUT2D eigenvalue weighted by Crippen LogP contribution is -2.49. The van der Waals surface area contributed by atoms with E-state index in [4.69, 9.17) is 5.11 Å². The molecule has 1 aromatic carbocycles. The fourth-order valence-corrected chi connectivity index (χ4v) is 2.20. The lowest BCUT2D eigenvalue weighted by molar-refractivity contribution is -0.213. The normalized spacial score (nSPS) is 22.8. The molecule has 0 spiro atoms. The number of benzene rings is 1. The third kappa shape index (κ3) is 2.64. The number of nitrogens with one attached hydrogen (secondary N) is 2. The molecule has 3 N–H and O–H groups in total. The number of anilines is 1. The number of aliphatic hydroxyl groups excluding tert-OH is 1. The predicted octanol–water partition coefficient (Wildman–Crippen LogP) is 1.66. The standard InChI is InChI=1S/C13H15F3N2O2/c14-13(15,16)12(5-6-17-8-12)11(20)18-10-3-1-9(7-19)2-4-10/h1-4,17,19H,5-8H2,(H,18,20). The second kappa shape index (κ2) is 5.41. The molecule has 1 amide bonds. The molecule has 0 aliphatic carbocycles. The lowest BCUT2D eigenvalue weighted by atomic mass is 9.85. The molecule has 4 nitrogen and oxygen atoms in total. The molecule has 1 aliphatic heterocycles. The fraction of sp³-hybridized carbons (Fsp3) is 0.462. The Balaban J connectivity index is 2.17. The maximum atomic E-state index is 13.2. The smallest absolute Gasteiger partial charge is 0.392 e. The quantitative estimate of drug-likeness (QED) is 0.792. The van der Waals surface area contributed by atoms with Crippen LogP contribution in [0.1, 0.15) is 12.0 Å². The van der Waals surface area contributed by atoms with E-state index in [1.165, 1.54) is 12.1 Å². The molecule has 0 saturated carbocycles. The van der Waals surface area contributed by atoms with Crippen LogP contribution < -0.4 is 10.6 Å². The summed E-state index contributed by atoms with van der Waals surface area (Å²) < 4.78 is 39.5. The number of halogens is 3. The first-order chi connectivity index (χ1) is 9.39. The maximum absolute atomic E-state index is 13.2. The van der Waals surface area contributed by atoms with Crippen molar-refractivity contribution in [2.24, 2.45) is 5.41 Å². The van der Waals surface area contributed by atoms with Gasteiger partial charge in [0.2, 0.25) is 5.91 Å². The molecule has 1 fully saturated rings. The summed E-state index contributed by atoms with van der Waals surface area (Å²) in [5.74, 6) is -1.05. The molecule has 7 heteroatoms. The van der Waals surface area contributed by atoms with E-state index in [0.717, 1.165) is 0 Å². The van der Waals surface area contributed by atoms with Gasteiger partial charge in [-0.15, -0.1) is 0 Å². The van der Waals surface area contributed by atoms with E-state index in [1.54, 1.807) is 12.1 Å². The molecule has 110 valence electrons. The summed E-state index contributed by atoms with van der Waals surface area (Å²) in [4.78, 5) is 12.0. The van der Waals surface area contributed by atoms with E-state index in [2.05, 4.69) is 10.6 Å². The van der Waals surface area contributed by atoms with Crippen molar-refractivity contribution in [2.75, 3.05) is 18.4 Å². The average Bonchev–Trinajstić information content (AvgIpc) is 2.90. The lowest BCUT2D eigenvalue weighted by Gasteiger charge is -2.29. The molecular weight excluding hydrogens is 273 g/mol. The third-order valence-electron chi connectivity index (χ3n) is 3.53. The largest absolute Gasteiger partial charge is 0.404 e. The van der Waals surface area contributed by atoms with Crippen LogP contribution in [0, 0.1) is 5.41 Å². The van der Waals surface area contributed by atoms with Crippen LogP contribution >= 0.6 is 0 Å². The summed E-state index contributed by atoms with van der Waals surface area (Å²) in [7, 11) is 0. The zero-order valence-corrected chi connectivity index (χ0v) is 10.6. The van der Waals surface area contributed by atoms with Gasteiger partial charge in [-0.05, 0) is 30.7 Å². The van der Waals surface area contributed by atoms with Gasteiger partial charge in [-0.3, -0.25) is 4.79 Å². The van der Waals surface area contributed by atoms with E-state index in [0.29, 0.717) is 5.56 Å². The molecule has 0 aromatic heterocycles. The predicted molar refractivity (Wildman–Crippen MR) is 67.0 cm³/mol. The monoisotopic (exact) mass is 288 g/mol. The van der Waals surface area contributed by atoms with Crippen LogP contribution in [0.3, 0.4) is 0 Å². The van der Waals surface area contributed by atoms with E-state index in [9.17, 15) is 18.0 Å². The Morgan fingerprint density at radius 2 is 2.00 bits per heavy atom. The minimum atomic E-state index is -4.59. The first-order valence-electron chi connectivity index (χ1n) is 6.18. The van der Waals surface area contributed by atoms with Gasteiger partial charge in [0, 0.05) is 12.2 Å². The van der Waals surface area contributed by atoms with Crippen LogP contribution in [-0.2, 0) is 11.4 Å². The summed E-state index contributed by atoms with van der Waals surface area (Å²) in [6, 6.07) is 6.03. The molecule has 1 unspecified atom stereocenters. The van der Waals surface area contributed by atoms with Crippen LogP contribution in [0.15, 0.2) is 24.3 Å². The number of rotatable bonds is 3. The van der Waals surface area contributed by atoms with Crippen LogP contribution in [-0.4, -0.2) is 30.3 Å². The SMILES string of the molecule is O=C(Nc1ccc(CO)cc1)C1(C(F)(F)F)CCNC1. The summed E-state index contributed by atoms with van der Waals surface area (Å²) in [5.41, 5.74) is -1.47. The minimum Gasteiger partial charge on any atom is -0.392 e. The Hall–Kier alpha value is -1.60. The molecule has 1 aliphatic rings. The second-order valence-corrected chi connectivity index (χ2v) is 4.82. The second-order valence-electron chi connectivity index (χ2n) is 4.82. The third-order valence-corrected chi connectivity index (χ3v) is 3.53. The van der Waals surface area contributed by atoms with Crippen LogP contribution in [0.2, 0.25) is 0 Å². The van der Waals surface area contributed by atoms with Crippen LogP contribution in [0.25, 0.3) is 0 Å². The first-order valence-corrected chi connectivity index (χ1v) is 6.18. The number of alkyl halides is 3. The Kier molecular flexibility index (Phi) is 4.01. The van der Waals surface area contributed by atoms with Gasteiger partial charge in [0.1, 0.15) is 0 Å². The zero-order chi connectivity index (χ0) is 14.8. The van der Waals surface area contributed by atoms with Crippen molar-refractivity contribution in [3.8, 4) is 0 Å². The van der Waals surface area contributed by atoms with Gasteiger partial charge in [-0.25, -0.2) is 0 Å². The van der Waals surface area contributed by atoms with Crippen molar-refractivity contribution in [3.63, 3.8) is 0 Å². The number of aliphatic hydroxyl groups is 1. The molecule has 2 rings (SSSR count). The van der Waals surface area contributed by atoms with Crippen molar-refractivity contribution in [1.82, 2.24) is 5.32 Å². The topological polar surface area (TPSA) is 61.4 Å². The van der Waals surface area contributed by atoms with Gasteiger partial charge in [0.25, 0.3) is 0 Å². The van der Waals surface area contributed by atoms with Gasteiger partial charge in [0.15, 0.2) is 5.41 Å². The Morgan fingerprint density at radius 1 is 1.35 bits per heavy atom. The average molecular weight is 288 g/mol. The summed E-state index contributed by atoms with van der Waals surface area (Å²) in [6.45, 7) is -0.405. The van der Waals surface area contributed by atoms with Crippen molar-refractivity contribution in [3.05, 3.63) is 29.8 Å². The summed E-state index contributed by atoms with van der Waals surface area (Å²) in [6.07, 6.45) is -4.86. The highest BCUT2D eigenvalue weighted by Crippen LogP contribution is 2.43.